The lowest BCUT2D eigenvalue weighted by Gasteiger charge is -2.20. The lowest BCUT2D eigenvalue weighted by molar-refractivity contribution is 0.448. The molecule has 3 heteroatoms. The average Bonchev–Trinajstić information content (AvgIpc) is 2.22. The van der Waals surface area contributed by atoms with Crippen LogP contribution in [0.4, 0.5) is 0 Å². The van der Waals surface area contributed by atoms with E-state index in [0.29, 0.717) is 6.04 Å². The standard InChI is InChI=1S/C14H21BrClN/c1-4-17-14(6-5-10(2)3)11-7-12(15)9-13(16)8-11/h7-10,14,17H,4-6H2,1-3H3. The molecule has 1 atom stereocenters. The summed E-state index contributed by atoms with van der Waals surface area (Å²) in [7, 11) is 0. The third-order valence-corrected chi connectivity index (χ3v) is 3.45. The maximum absolute atomic E-state index is 6.10. The smallest absolute Gasteiger partial charge is 0.0420 e. The van der Waals surface area contributed by atoms with Crippen molar-refractivity contribution in [3.63, 3.8) is 0 Å². The second-order valence-corrected chi connectivity index (χ2v) is 6.14. The highest BCUT2D eigenvalue weighted by Crippen LogP contribution is 2.27. The van der Waals surface area contributed by atoms with Crippen LogP contribution in [0.3, 0.4) is 0 Å². The summed E-state index contributed by atoms with van der Waals surface area (Å²) in [5.74, 6) is 0.735. The molecule has 0 fully saturated rings. The van der Waals surface area contributed by atoms with Crippen LogP contribution in [-0.2, 0) is 0 Å². The predicted molar refractivity (Wildman–Crippen MR) is 79.6 cm³/mol. The molecule has 1 nitrogen and oxygen atoms in total. The van der Waals surface area contributed by atoms with Gasteiger partial charge in [-0.25, -0.2) is 0 Å². The number of benzene rings is 1. The van der Waals surface area contributed by atoms with Crippen molar-refractivity contribution in [1.29, 1.82) is 0 Å². The molecule has 17 heavy (non-hydrogen) atoms. The van der Waals surface area contributed by atoms with Crippen LogP contribution < -0.4 is 5.32 Å². The van der Waals surface area contributed by atoms with E-state index in [0.717, 1.165) is 28.4 Å². The van der Waals surface area contributed by atoms with Gasteiger partial charge in [0.2, 0.25) is 0 Å². The van der Waals surface area contributed by atoms with Crippen molar-refractivity contribution in [2.75, 3.05) is 6.54 Å². The minimum absolute atomic E-state index is 0.400. The molecule has 1 rings (SSSR count). The van der Waals surface area contributed by atoms with Gasteiger partial charge in [0.1, 0.15) is 0 Å². The molecule has 0 radical (unpaired) electrons. The normalized spacial score (nSPS) is 13.1. The summed E-state index contributed by atoms with van der Waals surface area (Å²) in [4.78, 5) is 0. The molecule has 1 aromatic rings. The molecule has 1 aromatic carbocycles. The van der Waals surface area contributed by atoms with Crippen molar-refractivity contribution in [1.82, 2.24) is 5.32 Å². The van der Waals surface area contributed by atoms with Crippen molar-refractivity contribution in [3.8, 4) is 0 Å². The SMILES string of the molecule is CCNC(CCC(C)C)c1cc(Cl)cc(Br)c1. The van der Waals surface area contributed by atoms with Gasteiger partial charge in [-0.15, -0.1) is 0 Å². The van der Waals surface area contributed by atoms with Crippen LogP contribution in [0.15, 0.2) is 22.7 Å². The molecule has 0 saturated heterocycles. The lowest BCUT2D eigenvalue weighted by atomic mass is 9.97. The quantitative estimate of drug-likeness (QED) is 0.761. The summed E-state index contributed by atoms with van der Waals surface area (Å²) >= 11 is 9.60. The van der Waals surface area contributed by atoms with Crippen LogP contribution in [0.25, 0.3) is 0 Å². The fourth-order valence-corrected chi connectivity index (χ4v) is 2.80. The van der Waals surface area contributed by atoms with Crippen molar-refractivity contribution in [2.45, 2.75) is 39.7 Å². The molecule has 0 bridgehead atoms. The largest absolute Gasteiger partial charge is 0.310 e. The van der Waals surface area contributed by atoms with E-state index in [2.05, 4.69) is 54.2 Å². The Morgan fingerprint density at radius 3 is 2.47 bits per heavy atom. The van der Waals surface area contributed by atoms with Gasteiger partial charge in [-0.1, -0.05) is 48.3 Å². The number of nitrogens with one attached hydrogen (secondary N) is 1. The van der Waals surface area contributed by atoms with Crippen LogP contribution in [0.2, 0.25) is 5.02 Å². The summed E-state index contributed by atoms with van der Waals surface area (Å²) in [6.07, 6.45) is 2.38. The first-order chi connectivity index (χ1) is 8.02. The molecule has 0 saturated carbocycles. The summed E-state index contributed by atoms with van der Waals surface area (Å²) in [6, 6.07) is 6.54. The topological polar surface area (TPSA) is 12.0 Å². The second-order valence-electron chi connectivity index (χ2n) is 4.78. The Bertz CT molecular complexity index is 332. The molecule has 96 valence electrons. The first kappa shape index (κ1) is 15.0. The van der Waals surface area contributed by atoms with E-state index in [9.17, 15) is 0 Å². The molecule has 0 amide bonds. The molecule has 0 aliphatic rings. The Kier molecular flexibility index (Phi) is 6.53. The predicted octanol–water partition coefficient (Wildman–Crippen LogP) is 5.19. The molecular weight excluding hydrogens is 298 g/mol. The van der Waals surface area contributed by atoms with Crippen LogP contribution in [0, 0.1) is 5.92 Å². The lowest BCUT2D eigenvalue weighted by Crippen LogP contribution is -2.21. The molecule has 0 aliphatic carbocycles. The van der Waals surface area contributed by atoms with E-state index in [4.69, 9.17) is 11.6 Å². The first-order valence-corrected chi connectivity index (χ1v) is 7.39. The van der Waals surface area contributed by atoms with E-state index < -0.39 is 0 Å². The summed E-state index contributed by atoms with van der Waals surface area (Å²) in [5, 5.41) is 4.32. The molecule has 1 unspecified atom stereocenters. The minimum Gasteiger partial charge on any atom is -0.310 e. The zero-order valence-corrected chi connectivity index (χ0v) is 13.1. The van der Waals surface area contributed by atoms with Crippen LogP contribution in [-0.4, -0.2) is 6.54 Å². The van der Waals surface area contributed by atoms with E-state index in [1.54, 1.807) is 0 Å². The third kappa shape index (κ3) is 5.41. The van der Waals surface area contributed by atoms with Gasteiger partial charge in [-0.2, -0.15) is 0 Å². The van der Waals surface area contributed by atoms with Crippen LogP contribution in [0.1, 0.15) is 45.2 Å². The van der Waals surface area contributed by atoms with E-state index in [1.807, 2.05) is 6.07 Å². The highest BCUT2D eigenvalue weighted by molar-refractivity contribution is 9.10. The molecular formula is C14H21BrClN. The third-order valence-electron chi connectivity index (χ3n) is 2.77. The fourth-order valence-electron chi connectivity index (χ4n) is 1.91. The van der Waals surface area contributed by atoms with Gasteiger partial charge in [-0.05, 0) is 49.1 Å². The number of hydrogen-bond donors (Lipinski definition) is 1. The maximum Gasteiger partial charge on any atom is 0.0420 e. The van der Waals surface area contributed by atoms with E-state index in [1.165, 1.54) is 12.0 Å². The van der Waals surface area contributed by atoms with Crippen molar-refractivity contribution >= 4 is 27.5 Å². The number of hydrogen-bond acceptors (Lipinski definition) is 1. The monoisotopic (exact) mass is 317 g/mol. The maximum atomic E-state index is 6.10. The van der Waals surface area contributed by atoms with Crippen molar-refractivity contribution < 1.29 is 0 Å². The van der Waals surface area contributed by atoms with Gasteiger partial charge >= 0.3 is 0 Å². The molecule has 1 N–H and O–H groups in total. The van der Waals surface area contributed by atoms with Crippen LogP contribution >= 0.6 is 27.5 Å². The average molecular weight is 319 g/mol. The zero-order chi connectivity index (χ0) is 12.8. The zero-order valence-electron chi connectivity index (χ0n) is 10.8. The first-order valence-electron chi connectivity index (χ1n) is 6.22. The Labute approximate surface area is 118 Å². The van der Waals surface area contributed by atoms with Gasteiger partial charge in [-0.3, -0.25) is 0 Å². The van der Waals surface area contributed by atoms with Gasteiger partial charge in [0.25, 0.3) is 0 Å². The van der Waals surface area contributed by atoms with Gasteiger partial charge in [0.15, 0.2) is 0 Å². The van der Waals surface area contributed by atoms with Crippen molar-refractivity contribution in [2.24, 2.45) is 5.92 Å². The Morgan fingerprint density at radius 2 is 1.94 bits per heavy atom. The summed E-state index contributed by atoms with van der Waals surface area (Å²) in [5.41, 5.74) is 1.27. The Hall–Kier alpha value is -0.0500. The molecule has 0 spiro atoms. The van der Waals surface area contributed by atoms with E-state index >= 15 is 0 Å². The van der Waals surface area contributed by atoms with E-state index in [-0.39, 0.29) is 0 Å². The summed E-state index contributed by atoms with van der Waals surface area (Å²) in [6.45, 7) is 7.64. The molecule has 0 aromatic heterocycles. The fraction of sp³-hybridized carbons (Fsp3) is 0.571. The highest BCUT2D eigenvalue weighted by Gasteiger charge is 2.12. The molecule has 0 heterocycles. The number of halogens is 2. The van der Waals surface area contributed by atoms with Gasteiger partial charge in [0.05, 0.1) is 0 Å². The highest BCUT2D eigenvalue weighted by atomic mass is 79.9. The Balaban J connectivity index is 2.80. The van der Waals surface area contributed by atoms with Crippen LogP contribution in [0.5, 0.6) is 0 Å². The van der Waals surface area contributed by atoms with Gasteiger partial charge < -0.3 is 5.32 Å². The van der Waals surface area contributed by atoms with Crippen molar-refractivity contribution in [3.05, 3.63) is 33.3 Å². The minimum atomic E-state index is 0.400. The van der Waals surface area contributed by atoms with Gasteiger partial charge in [0, 0.05) is 15.5 Å². The molecule has 0 aliphatic heterocycles. The Morgan fingerprint density at radius 1 is 1.24 bits per heavy atom. The number of rotatable bonds is 6. The second kappa shape index (κ2) is 7.40. The summed E-state index contributed by atoms with van der Waals surface area (Å²) < 4.78 is 1.05.